The Morgan fingerprint density at radius 2 is 1.97 bits per heavy atom. The summed E-state index contributed by atoms with van der Waals surface area (Å²) in [7, 11) is 1.50. The van der Waals surface area contributed by atoms with Crippen molar-refractivity contribution < 1.29 is 28.6 Å². The van der Waals surface area contributed by atoms with Crippen molar-refractivity contribution in [3.8, 4) is 11.5 Å². The number of anilines is 1. The van der Waals surface area contributed by atoms with Gasteiger partial charge in [-0.1, -0.05) is 35.6 Å². The number of fused-ring (bicyclic) bond motifs is 1. The summed E-state index contributed by atoms with van der Waals surface area (Å²) in [4.78, 5) is 28.2. The van der Waals surface area contributed by atoms with E-state index in [1.807, 2.05) is 19.1 Å². The largest absolute Gasteiger partial charge is 0.503 e. The molecule has 0 aliphatic carbocycles. The van der Waals surface area contributed by atoms with E-state index in [4.69, 9.17) is 13.9 Å². The molecule has 2 aromatic carbocycles. The number of aliphatic hydroxyl groups excluding tert-OH is 1. The average molecular weight is 492 g/mol. The normalized spacial score (nSPS) is 15.8. The molecule has 10 heteroatoms. The number of aliphatic hydroxyl groups is 1. The van der Waals surface area contributed by atoms with Crippen LogP contribution < -0.4 is 14.4 Å². The van der Waals surface area contributed by atoms with Gasteiger partial charge in [0.15, 0.2) is 23.0 Å². The van der Waals surface area contributed by atoms with Gasteiger partial charge in [-0.2, -0.15) is 0 Å². The van der Waals surface area contributed by atoms with Crippen LogP contribution in [0.3, 0.4) is 0 Å². The first-order valence-electron chi connectivity index (χ1n) is 10.8. The zero-order valence-electron chi connectivity index (χ0n) is 19.1. The Labute approximate surface area is 204 Å². The van der Waals surface area contributed by atoms with Crippen LogP contribution >= 0.6 is 11.3 Å². The lowest BCUT2D eigenvalue weighted by Gasteiger charge is -2.24. The summed E-state index contributed by atoms with van der Waals surface area (Å²) in [5, 5.41) is 20.6. The minimum Gasteiger partial charge on any atom is -0.503 e. The number of methoxy groups -OCH3 is 1. The molecule has 2 aromatic heterocycles. The molecule has 0 saturated heterocycles. The van der Waals surface area contributed by atoms with Gasteiger partial charge in [0.05, 0.1) is 25.3 Å². The van der Waals surface area contributed by atoms with Crippen molar-refractivity contribution in [1.82, 2.24) is 10.2 Å². The lowest BCUT2D eigenvalue weighted by molar-refractivity contribution is -0.117. The monoisotopic (exact) mass is 491 g/mol. The zero-order chi connectivity index (χ0) is 24.7. The van der Waals surface area contributed by atoms with Crippen molar-refractivity contribution in [3.05, 3.63) is 76.2 Å². The molecule has 1 atom stereocenters. The third kappa shape index (κ3) is 3.81. The van der Waals surface area contributed by atoms with Crippen LogP contribution in [0.2, 0.25) is 0 Å². The first kappa shape index (κ1) is 22.6. The molecule has 0 radical (unpaired) electrons. The smallest absolute Gasteiger partial charge is 0.296 e. The van der Waals surface area contributed by atoms with E-state index in [0.29, 0.717) is 34.3 Å². The molecule has 35 heavy (non-hydrogen) atoms. The van der Waals surface area contributed by atoms with Gasteiger partial charge in [-0.25, -0.2) is 0 Å². The Morgan fingerprint density at radius 1 is 1.17 bits per heavy atom. The van der Waals surface area contributed by atoms with Gasteiger partial charge < -0.3 is 19.0 Å². The van der Waals surface area contributed by atoms with Crippen LogP contribution in [-0.2, 0) is 4.79 Å². The number of carbonyl (C=O) groups is 2. The molecule has 0 saturated carbocycles. The summed E-state index contributed by atoms with van der Waals surface area (Å²) >= 11 is 1.18. The average Bonchev–Trinajstić information content (AvgIpc) is 3.55. The number of hydrogen-bond acceptors (Lipinski definition) is 9. The molecule has 1 aliphatic rings. The van der Waals surface area contributed by atoms with Crippen LogP contribution in [-0.4, -0.2) is 40.7 Å². The summed E-state index contributed by atoms with van der Waals surface area (Å²) < 4.78 is 16.8. The van der Waals surface area contributed by atoms with E-state index in [9.17, 15) is 14.7 Å². The quantitative estimate of drug-likeness (QED) is 0.367. The maximum Gasteiger partial charge on any atom is 0.296 e. The number of ether oxygens (including phenoxy) is 2. The second-order valence-corrected chi connectivity index (χ2v) is 8.92. The number of ketones is 1. The highest BCUT2D eigenvalue weighted by Crippen LogP contribution is 2.44. The first-order chi connectivity index (χ1) is 16.9. The molecule has 1 amide bonds. The highest BCUT2D eigenvalue weighted by atomic mass is 32.1. The maximum atomic E-state index is 13.7. The summed E-state index contributed by atoms with van der Waals surface area (Å²) in [6.45, 7) is 4.04. The van der Waals surface area contributed by atoms with E-state index in [2.05, 4.69) is 10.2 Å². The number of aryl methyl sites for hydroxylation is 1. The van der Waals surface area contributed by atoms with Gasteiger partial charge in [0, 0.05) is 5.39 Å². The molecule has 9 nitrogen and oxygen atoms in total. The number of Topliss-reactive ketones (excluding diaryl/α,β-unsaturated/α-hetero) is 1. The second-order valence-electron chi connectivity index (χ2n) is 7.76. The van der Waals surface area contributed by atoms with Crippen LogP contribution in [0, 0.1) is 6.92 Å². The fourth-order valence-corrected chi connectivity index (χ4v) is 4.80. The Balaban J connectivity index is 1.66. The van der Waals surface area contributed by atoms with Crippen molar-refractivity contribution in [3.63, 3.8) is 0 Å². The predicted molar refractivity (Wildman–Crippen MR) is 129 cm³/mol. The minimum atomic E-state index is -0.986. The number of furan rings is 1. The molecule has 1 unspecified atom stereocenters. The second kappa shape index (κ2) is 8.88. The van der Waals surface area contributed by atoms with E-state index < -0.39 is 23.5 Å². The van der Waals surface area contributed by atoms with Crippen molar-refractivity contribution in [2.24, 2.45) is 0 Å². The standard InChI is InChI=1S/C25H21N3O6S/c1-4-33-17-10-9-15(12-18(17)32-3)21-20(22(29)19-11-14-7-5-6-8-16(14)34-19)23(30)24(31)28(21)25-27-26-13(2)35-25/h5-12,21,30H,4H2,1-3H3. The SMILES string of the molecule is CCOc1ccc(C2C(C(=O)c3cc4ccccc4o3)=C(O)C(=O)N2c2nnc(C)s2)cc1OC. The topological polar surface area (TPSA) is 115 Å². The number of para-hydroxylation sites is 1. The number of nitrogens with zero attached hydrogens (tertiary/aromatic N) is 3. The fraction of sp³-hybridized carbons (Fsp3) is 0.200. The van der Waals surface area contributed by atoms with Gasteiger partial charge in [-0.3, -0.25) is 14.5 Å². The van der Waals surface area contributed by atoms with E-state index in [0.717, 1.165) is 5.39 Å². The number of amides is 1. The lowest BCUT2D eigenvalue weighted by Crippen LogP contribution is -2.31. The van der Waals surface area contributed by atoms with Crippen molar-refractivity contribution in [2.45, 2.75) is 19.9 Å². The van der Waals surface area contributed by atoms with Crippen LogP contribution in [0.5, 0.6) is 11.5 Å². The Morgan fingerprint density at radius 3 is 2.66 bits per heavy atom. The number of rotatable bonds is 7. The van der Waals surface area contributed by atoms with Gasteiger partial charge in [0.1, 0.15) is 10.6 Å². The molecule has 4 aromatic rings. The third-order valence-electron chi connectivity index (χ3n) is 5.63. The summed E-state index contributed by atoms with van der Waals surface area (Å²) in [6.07, 6.45) is 0. The van der Waals surface area contributed by atoms with E-state index >= 15 is 0 Å². The molecule has 5 rings (SSSR count). The maximum absolute atomic E-state index is 13.7. The van der Waals surface area contributed by atoms with Gasteiger partial charge in [-0.15, -0.1) is 10.2 Å². The first-order valence-corrected chi connectivity index (χ1v) is 11.6. The van der Waals surface area contributed by atoms with Gasteiger partial charge >= 0.3 is 0 Å². The number of hydrogen-bond donors (Lipinski definition) is 1. The van der Waals surface area contributed by atoms with Gasteiger partial charge in [-0.05, 0) is 43.7 Å². The summed E-state index contributed by atoms with van der Waals surface area (Å²) in [6, 6.07) is 12.9. The Kier molecular flexibility index (Phi) is 5.73. The van der Waals surface area contributed by atoms with Gasteiger partial charge in [0.25, 0.3) is 5.91 Å². The van der Waals surface area contributed by atoms with Crippen LogP contribution in [0.1, 0.15) is 34.1 Å². The molecular weight excluding hydrogens is 470 g/mol. The van der Waals surface area contributed by atoms with E-state index in [-0.39, 0.29) is 16.5 Å². The molecule has 1 aliphatic heterocycles. The number of benzene rings is 2. The van der Waals surface area contributed by atoms with Crippen LogP contribution in [0.15, 0.2) is 64.3 Å². The molecule has 3 heterocycles. The van der Waals surface area contributed by atoms with Crippen molar-refractivity contribution in [1.29, 1.82) is 0 Å². The fourth-order valence-electron chi connectivity index (χ4n) is 4.09. The van der Waals surface area contributed by atoms with E-state index in [1.165, 1.54) is 23.3 Å². The lowest BCUT2D eigenvalue weighted by atomic mass is 9.95. The summed E-state index contributed by atoms with van der Waals surface area (Å²) in [5.74, 6) is -1.07. The summed E-state index contributed by atoms with van der Waals surface area (Å²) in [5.41, 5.74) is 0.930. The van der Waals surface area contributed by atoms with Gasteiger partial charge in [0.2, 0.25) is 10.9 Å². The van der Waals surface area contributed by atoms with Crippen LogP contribution in [0.4, 0.5) is 5.13 Å². The highest BCUT2D eigenvalue weighted by Gasteiger charge is 2.47. The minimum absolute atomic E-state index is 0.0127. The van der Waals surface area contributed by atoms with Crippen molar-refractivity contribution in [2.75, 3.05) is 18.6 Å². The van der Waals surface area contributed by atoms with Crippen LogP contribution in [0.25, 0.3) is 11.0 Å². The molecule has 0 bridgehead atoms. The van der Waals surface area contributed by atoms with Crippen molar-refractivity contribution >= 4 is 39.1 Å². The number of carbonyl (C=O) groups excluding carboxylic acids is 2. The predicted octanol–water partition coefficient (Wildman–Crippen LogP) is 4.78. The Bertz CT molecular complexity index is 1450. The molecule has 0 spiro atoms. The Hall–Kier alpha value is -4.18. The van der Waals surface area contributed by atoms with E-state index in [1.54, 1.807) is 43.3 Å². The molecular formula is C25H21N3O6S. The number of aromatic nitrogens is 2. The highest BCUT2D eigenvalue weighted by molar-refractivity contribution is 7.15. The third-order valence-corrected chi connectivity index (χ3v) is 6.46. The zero-order valence-corrected chi connectivity index (χ0v) is 20.0. The molecule has 0 fully saturated rings. The molecule has 1 N–H and O–H groups in total. The molecule has 178 valence electrons.